The minimum Gasteiger partial charge on any atom is -0.490 e. The number of hydrogen-bond acceptors (Lipinski definition) is 6. The van der Waals surface area contributed by atoms with Crippen LogP contribution in [0.5, 0.6) is 11.5 Å². The van der Waals surface area contributed by atoms with Gasteiger partial charge in [0.1, 0.15) is 0 Å². The zero-order valence-electron chi connectivity index (χ0n) is 21.9. The van der Waals surface area contributed by atoms with Crippen molar-refractivity contribution in [3.8, 4) is 11.5 Å². The van der Waals surface area contributed by atoms with Crippen LogP contribution < -0.4 is 9.47 Å². The van der Waals surface area contributed by atoms with Crippen LogP contribution in [0.3, 0.4) is 0 Å². The van der Waals surface area contributed by atoms with Crippen LogP contribution in [0, 0.1) is 5.41 Å². The number of likely N-dealkylation sites (tertiary alicyclic amines) is 2. The minimum absolute atomic E-state index is 0.00800. The molecule has 0 aromatic heterocycles. The molecular weight excluding hydrogens is 484 g/mol. The Balaban J connectivity index is 1.10. The number of ether oxygens (including phenoxy) is 2. The first-order valence-electron chi connectivity index (χ1n) is 13.4. The second-order valence-electron chi connectivity index (χ2n) is 10.6. The lowest BCUT2D eigenvalue weighted by Gasteiger charge is -2.39. The molecule has 0 aliphatic carbocycles. The SMILES string of the molecule is CC(=O)c1ccc(C(=O)N2CCC3(CCN(C(=O)CCC(=O)c4ccc5c(c4)OCCCO5)C3)CC2)cc1. The first kappa shape index (κ1) is 25.9. The quantitative estimate of drug-likeness (QED) is 0.533. The van der Waals surface area contributed by atoms with Crippen molar-refractivity contribution >= 4 is 23.4 Å². The van der Waals surface area contributed by atoms with E-state index in [0.29, 0.717) is 67.6 Å². The second kappa shape index (κ2) is 11.0. The molecule has 3 heterocycles. The molecule has 5 rings (SSSR count). The second-order valence-corrected chi connectivity index (χ2v) is 10.6. The molecule has 3 aliphatic heterocycles. The average Bonchev–Trinajstić information content (AvgIpc) is 3.20. The number of carbonyl (C=O) groups is 4. The van der Waals surface area contributed by atoms with E-state index in [1.807, 2.05) is 9.80 Å². The van der Waals surface area contributed by atoms with Gasteiger partial charge in [0.2, 0.25) is 5.91 Å². The van der Waals surface area contributed by atoms with Gasteiger partial charge in [-0.15, -0.1) is 0 Å². The van der Waals surface area contributed by atoms with Crippen LogP contribution >= 0.6 is 0 Å². The van der Waals surface area contributed by atoms with Gasteiger partial charge in [0, 0.05) is 62.1 Å². The number of hydrogen-bond donors (Lipinski definition) is 0. The van der Waals surface area contributed by atoms with Gasteiger partial charge in [-0.25, -0.2) is 0 Å². The predicted octanol–water partition coefficient (Wildman–Crippen LogP) is 4.17. The molecule has 200 valence electrons. The lowest BCUT2D eigenvalue weighted by atomic mass is 9.77. The summed E-state index contributed by atoms with van der Waals surface area (Å²) in [5, 5.41) is 0. The Labute approximate surface area is 222 Å². The summed E-state index contributed by atoms with van der Waals surface area (Å²) >= 11 is 0. The Bertz CT molecular complexity index is 1230. The molecule has 0 radical (unpaired) electrons. The smallest absolute Gasteiger partial charge is 0.253 e. The monoisotopic (exact) mass is 518 g/mol. The normalized spacial score (nSPS) is 18.2. The van der Waals surface area contributed by atoms with E-state index in [1.54, 1.807) is 42.5 Å². The van der Waals surface area contributed by atoms with Crippen LogP contribution in [-0.2, 0) is 4.79 Å². The fraction of sp³-hybridized carbons (Fsp3) is 0.467. The summed E-state index contributed by atoms with van der Waals surface area (Å²) in [6.45, 7) is 5.33. The van der Waals surface area contributed by atoms with Crippen LogP contribution in [0.4, 0.5) is 0 Å². The van der Waals surface area contributed by atoms with E-state index in [0.717, 1.165) is 25.7 Å². The summed E-state index contributed by atoms with van der Waals surface area (Å²) in [4.78, 5) is 53.9. The van der Waals surface area contributed by atoms with Crippen molar-refractivity contribution in [2.75, 3.05) is 39.4 Å². The fourth-order valence-corrected chi connectivity index (χ4v) is 5.63. The topological polar surface area (TPSA) is 93.2 Å². The third kappa shape index (κ3) is 5.59. The average molecular weight is 519 g/mol. The number of ketones is 2. The standard InChI is InChI=1S/C30H34N2O6/c1-21(33)22-3-5-23(6-4-22)29(36)31-14-11-30(12-15-31)13-16-32(20-30)28(35)10-8-25(34)24-7-9-26-27(19-24)38-18-2-17-37-26/h3-7,9,19H,2,8,10-18,20H2,1H3. The largest absolute Gasteiger partial charge is 0.490 e. The Morgan fingerprint density at radius 1 is 0.763 bits per heavy atom. The zero-order valence-corrected chi connectivity index (χ0v) is 21.9. The summed E-state index contributed by atoms with van der Waals surface area (Å²) in [6.07, 6.45) is 3.77. The van der Waals surface area contributed by atoms with E-state index in [-0.39, 0.29) is 41.6 Å². The number of rotatable bonds is 6. The molecule has 2 aromatic carbocycles. The van der Waals surface area contributed by atoms with E-state index in [9.17, 15) is 19.2 Å². The number of piperidine rings is 1. The van der Waals surface area contributed by atoms with Gasteiger partial charge in [0.25, 0.3) is 5.91 Å². The molecule has 8 nitrogen and oxygen atoms in total. The van der Waals surface area contributed by atoms with Crippen LogP contribution in [0.25, 0.3) is 0 Å². The van der Waals surface area contributed by atoms with Crippen LogP contribution in [0.1, 0.15) is 76.5 Å². The number of benzene rings is 2. The molecule has 0 N–H and O–H groups in total. The highest BCUT2D eigenvalue weighted by Gasteiger charge is 2.42. The van der Waals surface area contributed by atoms with E-state index in [4.69, 9.17) is 9.47 Å². The van der Waals surface area contributed by atoms with Crippen LogP contribution in [0.15, 0.2) is 42.5 Å². The summed E-state index contributed by atoms with van der Waals surface area (Å²) in [6, 6.07) is 12.0. The Morgan fingerprint density at radius 3 is 2.05 bits per heavy atom. The molecule has 0 atom stereocenters. The maximum Gasteiger partial charge on any atom is 0.253 e. The van der Waals surface area contributed by atoms with Gasteiger partial charge in [-0.05, 0) is 61.9 Å². The van der Waals surface area contributed by atoms with Gasteiger partial charge in [-0.2, -0.15) is 0 Å². The first-order chi connectivity index (χ1) is 18.3. The van der Waals surface area contributed by atoms with Crippen molar-refractivity contribution in [1.82, 2.24) is 9.80 Å². The number of nitrogens with zero attached hydrogens (tertiary/aromatic N) is 2. The van der Waals surface area contributed by atoms with Gasteiger partial charge in [-0.1, -0.05) is 12.1 Å². The van der Waals surface area contributed by atoms with E-state index in [2.05, 4.69) is 0 Å². The molecule has 2 amide bonds. The van der Waals surface area contributed by atoms with Crippen molar-refractivity contribution in [3.63, 3.8) is 0 Å². The maximum atomic E-state index is 13.0. The fourth-order valence-electron chi connectivity index (χ4n) is 5.63. The van der Waals surface area contributed by atoms with E-state index in [1.165, 1.54) is 6.92 Å². The van der Waals surface area contributed by atoms with E-state index < -0.39 is 0 Å². The number of Topliss-reactive ketones (excluding diaryl/α,β-unsaturated/α-hetero) is 2. The molecular formula is C30H34N2O6. The third-order valence-electron chi connectivity index (χ3n) is 8.08. The molecule has 0 saturated carbocycles. The van der Waals surface area contributed by atoms with Crippen molar-refractivity contribution in [3.05, 3.63) is 59.2 Å². The lowest BCUT2D eigenvalue weighted by molar-refractivity contribution is -0.130. The first-order valence-corrected chi connectivity index (χ1v) is 13.4. The van der Waals surface area contributed by atoms with Gasteiger partial charge in [0.05, 0.1) is 13.2 Å². The summed E-state index contributed by atoms with van der Waals surface area (Å²) in [7, 11) is 0. The zero-order chi connectivity index (χ0) is 26.7. The molecule has 8 heteroatoms. The maximum absolute atomic E-state index is 13.0. The molecule has 0 bridgehead atoms. The lowest BCUT2D eigenvalue weighted by Crippen LogP contribution is -2.44. The van der Waals surface area contributed by atoms with Gasteiger partial charge >= 0.3 is 0 Å². The minimum atomic E-state index is -0.0777. The van der Waals surface area contributed by atoms with Crippen molar-refractivity contribution in [2.24, 2.45) is 5.41 Å². The molecule has 2 fully saturated rings. The highest BCUT2D eigenvalue weighted by atomic mass is 16.5. The van der Waals surface area contributed by atoms with Crippen molar-refractivity contribution < 1.29 is 28.7 Å². The van der Waals surface area contributed by atoms with Crippen LogP contribution in [0.2, 0.25) is 0 Å². The molecule has 38 heavy (non-hydrogen) atoms. The number of amides is 2. The Morgan fingerprint density at radius 2 is 1.37 bits per heavy atom. The number of fused-ring (bicyclic) bond motifs is 1. The van der Waals surface area contributed by atoms with E-state index >= 15 is 0 Å². The molecule has 1 spiro atoms. The van der Waals surface area contributed by atoms with Gasteiger partial charge in [-0.3, -0.25) is 19.2 Å². The summed E-state index contributed by atoms with van der Waals surface area (Å²) < 4.78 is 11.3. The highest BCUT2D eigenvalue weighted by molar-refractivity contribution is 5.99. The van der Waals surface area contributed by atoms with Crippen LogP contribution in [-0.4, -0.2) is 72.6 Å². The summed E-state index contributed by atoms with van der Waals surface area (Å²) in [5.74, 6) is 1.12. The number of carbonyl (C=O) groups excluding carboxylic acids is 4. The summed E-state index contributed by atoms with van der Waals surface area (Å²) in [5.41, 5.74) is 1.75. The Hall–Kier alpha value is -3.68. The third-order valence-corrected chi connectivity index (χ3v) is 8.08. The molecule has 2 saturated heterocycles. The van der Waals surface area contributed by atoms with Gasteiger partial charge in [0.15, 0.2) is 23.1 Å². The molecule has 0 unspecified atom stereocenters. The predicted molar refractivity (Wildman–Crippen MR) is 141 cm³/mol. The van der Waals surface area contributed by atoms with Crippen molar-refractivity contribution in [2.45, 2.75) is 45.4 Å². The van der Waals surface area contributed by atoms with Gasteiger partial charge < -0.3 is 19.3 Å². The molecule has 3 aliphatic rings. The highest BCUT2D eigenvalue weighted by Crippen LogP contribution is 2.41. The molecule has 2 aromatic rings. The Kier molecular flexibility index (Phi) is 7.49. The van der Waals surface area contributed by atoms with Crippen molar-refractivity contribution in [1.29, 1.82) is 0 Å².